The fourth-order valence-corrected chi connectivity index (χ4v) is 6.56. The largest absolute Gasteiger partial charge is 0.465 e. The van der Waals surface area contributed by atoms with Gasteiger partial charge in [0.25, 0.3) is 0 Å². The van der Waals surface area contributed by atoms with Crippen LogP contribution in [0, 0.1) is 17.8 Å². The van der Waals surface area contributed by atoms with Crippen LogP contribution in [0.4, 0.5) is 0 Å². The molecule has 0 aromatic heterocycles. The number of nitrogens with zero attached hydrogens (tertiary/aromatic N) is 2. The van der Waals surface area contributed by atoms with Crippen LogP contribution in [-0.2, 0) is 23.9 Å². The van der Waals surface area contributed by atoms with Gasteiger partial charge in [0.15, 0.2) is 0 Å². The molecule has 0 aromatic rings. The van der Waals surface area contributed by atoms with E-state index >= 15 is 0 Å². The number of hydrogen-bond donors (Lipinski definition) is 1. The summed E-state index contributed by atoms with van der Waals surface area (Å²) in [4.78, 5) is 45.0. The molecule has 202 valence electrons. The number of amides is 2. The summed E-state index contributed by atoms with van der Waals surface area (Å²) in [5.41, 5.74) is -2.01. The molecule has 36 heavy (non-hydrogen) atoms. The molecule has 0 aliphatic carbocycles. The summed E-state index contributed by atoms with van der Waals surface area (Å²) in [6.07, 6.45) is 6.40. The summed E-state index contributed by atoms with van der Waals surface area (Å²) in [6.45, 7) is 17.5. The molecule has 1 N–H and O–H groups in total. The first-order valence-corrected chi connectivity index (χ1v) is 13.3. The zero-order valence-corrected chi connectivity index (χ0v) is 22.6. The molecular weight excluding hydrogens is 460 g/mol. The summed E-state index contributed by atoms with van der Waals surface area (Å²) in [5, 5.41) is 10.4. The number of aliphatic hydroxyl groups is 1. The molecule has 8 nitrogen and oxygen atoms in total. The predicted molar refractivity (Wildman–Crippen MR) is 137 cm³/mol. The van der Waals surface area contributed by atoms with Gasteiger partial charge in [0, 0.05) is 12.6 Å². The van der Waals surface area contributed by atoms with E-state index in [1.54, 1.807) is 22.0 Å². The third kappa shape index (κ3) is 4.74. The lowest BCUT2D eigenvalue weighted by atomic mass is 9.66. The van der Waals surface area contributed by atoms with Gasteiger partial charge in [0.2, 0.25) is 11.8 Å². The van der Waals surface area contributed by atoms with Gasteiger partial charge in [-0.1, -0.05) is 26.0 Å². The van der Waals surface area contributed by atoms with E-state index in [1.807, 2.05) is 34.6 Å². The van der Waals surface area contributed by atoms with E-state index in [1.165, 1.54) is 0 Å². The van der Waals surface area contributed by atoms with Crippen LogP contribution >= 0.6 is 0 Å². The molecule has 3 aliphatic rings. The van der Waals surface area contributed by atoms with Gasteiger partial charge >= 0.3 is 5.97 Å². The van der Waals surface area contributed by atoms with Gasteiger partial charge in [0.05, 0.1) is 30.8 Å². The van der Waals surface area contributed by atoms with Gasteiger partial charge < -0.3 is 24.4 Å². The Kier molecular flexibility index (Phi) is 8.71. The maximum atomic E-state index is 14.2. The van der Waals surface area contributed by atoms with Crippen molar-refractivity contribution in [1.82, 2.24) is 9.80 Å². The first-order valence-electron chi connectivity index (χ1n) is 13.3. The number of carbonyl (C=O) groups is 3. The van der Waals surface area contributed by atoms with Crippen molar-refractivity contribution in [1.29, 1.82) is 0 Å². The van der Waals surface area contributed by atoms with Crippen LogP contribution in [0.2, 0.25) is 0 Å². The fourth-order valence-electron chi connectivity index (χ4n) is 6.56. The number of rotatable bonds is 13. The fraction of sp³-hybridized carbons (Fsp3) is 0.750. The lowest BCUT2D eigenvalue weighted by Gasteiger charge is -2.40. The van der Waals surface area contributed by atoms with Crippen LogP contribution in [-0.4, -0.2) is 81.8 Å². The Hall–Kier alpha value is -2.19. The molecule has 8 heteroatoms. The highest BCUT2D eigenvalue weighted by atomic mass is 16.6. The average Bonchev–Trinajstić information content (AvgIpc) is 3.38. The maximum Gasteiger partial charge on any atom is 0.312 e. The molecule has 3 rings (SSSR count). The van der Waals surface area contributed by atoms with E-state index in [-0.39, 0.29) is 37.0 Å². The standard InChI is InChI=1S/C28H44N2O6/c1-8-10-11-15-35-26(34)22-21-24(32)30(20(17-31)16-18(3)4)23(25(33)29(14-9-2)19(5)6)28(21)13-12-27(22,7)36-28/h8-9,18-23,31H,1-2,10-17H2,3-7H3/t20-,21+,22-,23?,27+,28?/m1/s1. The van der Waals surface area contributed by atoms with Crippen molar-refractivity contribution in [3.8, 4) is 0 Å². The molecule has 0 saturated carbocycles. The SMILES string of the molecule is C=CCCCOC(=O)[C@H]1[C@H]2C(=O)N([C@@H](CO)CC(C)C)C(C(=O)N(CC=C)C(C)C)C23CC[C@]1(C)O3. The third-order valence-electron chi connectivity index (χ3n) is 8.08. The van der Waals surface area contributed by atoms with Gasteiger partial charge in [-0.15, -0.1) is 13.2 Å². The second-order valence-corrected chi connectivity index (χ2v) is 11.4. The second kappa shape index (κ2) is 11.1. The first kappa shape index (κ1) is 28.4. The normalized spacial score (nSPS) is 31.6. The number of carbonyl (C=O) groups excluding carboxylic acids is 3. The Bertz CT molecular complexity index is 872. The van der Waals surface area contributed by atoms with E-state index < -0.39 is 41.1 Å². The topological polar surface area (TPSA) is 96.4 Å². The molecule has 0 aromatic carbocycles. The number of ether oxygens (including phenoxy) is 2. The smallest absolute Gasteiger partial charge is 0.312 e. The number of allylic oxidation sites excluding steroid dienone is 1. The molecule has 0 radical (unpaired) electrons. The van der Waals surface area contributed by atoms with Gasteiger partial charge in [0.1, 0.15) is 17.6 Å². The Balaban J connectivity index is 2.06. The average molecular weight is 505 g/mol. The first-order chi connectivity index (χ1) is 17.0. The summed E-state index contributed by atoms with van der Waals surface area (Å²) < 4.78 is 12.3. The van der Waals surface area contributed by atoms with Crippen LogP contribution in [0.25, 0.3) is 0 Å². The summed E-state index contributed by atoms with van der Waals surface area (Å²) >= 11 is 0. The van der Waals surface area contributed by atoms with Crippen LogP contribution < -0.4 is 0 Å². The van der Waals surface area contributed by atoms with Crippen molar-refractivity contribution in [2.45, 2.75) is 96.1 Å². The predicted octanol–water partition coefficient (Wildman–Crippen LogP) is 3.09. The molecule has 2 unspecified atom stereocenters. The number of hydrogen-bond acceptors (Lipinski definition) is 6. The molecule has 3 saturated heterocycles. The highest BCUT2D eigenvalue weighted by Crippen LogP contribution is 2.63. The van der Waals surface area contributed by atoms with Crippen molar-refractivity contribution in [3.05, 3.63) is 25.3 Å². The Morgan fingerprint density at radius 2 is 1.94 bits per heavy atom. The van der Waals surface area contributed by atoms with Crippen molar-refractivity contribution >= 4 is 17.8 Å². The second-order valence-electron chi connectivity index (χ2n) is 11.4. The van der Waals surface area contributed by atoms with Gasteiger partial charge in [-0.05, 0) is 58.8 Å². The van der Waals surface area contributed by atoms with Gasteiger partial charge in [-0.3, -0.25) is 14.4 Å². The summed E-state index contributed by atoms with van der Waals surface area (Å²) in [7, 11) is 0. The monoisotopic (exact) mass is 504 g/mol. The van der Waals surface area contributed by atoms with Gasteiger partial charge in [-0.25, -0.2) is 0 Å². The number of unbranched alkanes of at least 4 members (excludes halogenated alkanes) is 1. The minimum atomic E-state index is -1.13. The molecule has 3 fully saturated rings. The van der Waals surface area contributed by atoms with E-state index in [9.17, 15) is 19.5 Å². The molecule has 2 bridgehead atoms. The van der Waals surface area contributed by atoms with Crippen molar-refractivity contribution in [3.63, 3.8) is 0 Å². The Labute approximate surface area is 215 Å². The van der Waals surface area contributed by atoms with Crippen molar-refractivity contribution < 1.29 is 29.0 Å². The number of aliphatic hydroxyl groups excluding tert-OH is 1. The highest BCUT2D eigenvalue weighted by Gasteiger charge is 2.79. The van der Waals surface area contributed by atoms with E-state index in [2.05, 4.69) is 13.2 Å². The molecule has 6 atom stereocenters. The van der Waals surface area contributed by atoms with E-state index in [4.69, 9.17) is 9.47 Å². The number of esters is 1. The van der Waals surface area contributed by atoms with Crippen molar-refractivity contribution in [2.24, 2.45) is 17.8 Å². The zero-order valence-electron chi connectivity index (χ0n) is 22.6. The molecule has 2 amide bonds. The molecular formula is C28H44N2O6. The number of fused-ring (bicyclic) bond motifs is 1. The lowest BCUT2D eigenvalue weighted by Crippen LogP contribution is -2.60. The minimum Gasteiger partial charge on any atom is -0.465 e. The molecule has 3 aliphatic heterocycles. The molecule has 3 heterocycles. The summed E-state index contributed by atoms with van der Waals surface area (Å²) in [5.74, 6) is -2.41. The van der Waals surface area contributed by atoms with Gasteiger partial charge in [-0.2, -0.15) is 0 Å². The third-order valence-corrected chi connectivity index (χ3v) is 8.08. The van der Waals surface area contributed by atoms with Crippen LogP contribution in [0.1, 0.15) is 66.7 Å². The van der Waals surface area contributed by atoms with Crippen LogP contribution in [0.5, 0.6) is 0 Å². The number of likely N-dealkylation sites (tertiary alicyclic amines) is 1. The van der Waals surface area contributed by atoms with Crippen molar-refractivity contribution in [2.75, 3.05) is 19.8 Å². The van der Waals surface area contributed by atoms with E-state index in [0.717, 1.165) is 6.42 Å². The van der Waals surface area contributed by atoms with E-state index in [0.29, 0.717) is 32.2 Å². The molecule has 1 spiro atoms. The minimum absolute atomic E-state index is 0.125. The highest BCUT2D eigenvalue weighted by molar-refractivity contribution is 5.98. The van der Waals surface area contributed by atoms with Crippen LogP contribution in [0.15, 0.2) is 25.3 Å². The quantitative estimate of drug-likeness (QED) is 0.235. The summed E-state index contributed by atoms with van der Waals surface area (Å²) in [6, 6.07) is -1.60. The Morgan fingerprint density at radius 3 is 2.50 bits per heavy atom. The maximum absolute atomic E-state index is 14.2. The lowest BCUT2D eigenvalue weighted by molar-refractivity contribution is -0.162. The van der Waals surface area contributed by atoms with Crippen LogP contribution in [0.3, 0.4) is 0 Å². The Morgan fingerprint density at radius 1 is 1.25 bits per heavy atom. The zero-order chi connectivity index (χ0) is 26.8.